The largest absolute Gasteiger partial charge is 0.494 e. The Balaban J connectivity index is 1.62. The monoisotopic (exact) mass is 474 g/mol. The number of hydrogen-bond donors (Lipinski definition) is 1. The highest BCUT2D eigenvalue weighted by atomic mass is 32.2. The molecular formula is C26H26N4O3S. The second-order valence-corrected chi connectivity index (χ2v) is 8.80. The molecule has 7 nitrogen and oxygen atoms in total. The normalized spacial score (nSPS) is 13.6. The Kier molecular flexibility index (Phi) is 7.27. The summed E-state index contributed by atoms with van der Waals surface area (Å²) in [6, 6.07) is 18.9. The van der Waals surface area contributed by atoms with Gasteiger partial charge in [-0.3, -0.25) is 14.5 Å². The van der Waals surface area contributed by atoms with Crippen LogP contribution in [0.5, 0.6) is 5.75 Å². The zero-order valence-electron chi connectivity index (χ0n) is 19.4. The zero-order valence-corrected chi connectivity index (χ0v) is 20.2. The van der Waals surface area contributed by atoms with Crippen LogP contribution < -0.4 is 10.1 Å². The number of anilines is 1. The Bertz CT molecular complexity index is 1210. The number of carbonyl (C=O) groups is 2. The quantitative estimate of drug-likeness (QED) is 0.361. The van der Waals surface area contributed by atoms with E-state index >= 15 is 0 Å². The van der Waals surface area contributed by atoms with Gasteiger partial charge in [0.05, 0.1) is 6.61 Å². The van der Waals surface area contributed by atoms with Crippen molar-refractivity contribution in [3.8, 4) is 5.75 Å². The van der Waals surface area contributed by atoms with Gasteiger partial charge in [-0.25, -0.2) is 9.97 Å². The summed E-state index contributed by atoms with van der Waals surface area (Å²) < 4.78 is 5.49. The predicted molar refractivity (Wildman–Crippen MR) is 132 cm³/mol. The van der Waals surface area contributed by atoms with Crippen molar-refractivity contribution < 1.29 is 14.3 Å². The Morgan fingerprint density at radius 1 is 0.941 bits per heavy atom. The summed E-state index contributed by atoms with van der Waals surface area (Å²) in [6.07, 6.45) is 0.576. The van der Waals surface area contributed by atoms with E-state index in [-0.39, 0.29) is 29.0 Å². The van der Waals surface area contributed by atoms with Crippen LogP contribution in [0.2, 0.25) is 0 Å². The van der Waals surface area contributed by atoms with Gasteiger partial charge in [0.2, 0.25) is 0 Å². The number of rotatable bonds is 9. The number of nitrogens with one attached hydrogen (secondary N) is 1. The van der Waals surface area contributed by atoms with Crippen molar-refractivity contribution in [2.24, 2.45) is 0 Å². The van der Waals surface area contributed by atoms with Gasteiger partial charge >= 0.3 is 0 Å². The maximum atomic E-state index is 13.4. The van der Waals surface area contributed by atoms with Crippen molar-refractivity contribution in [3.63, 3.8) is 0 Å². The molecule has 0 radical (unpaired) electrons. The van der Waals surface area contributed by atoms with Gasteiger partial charge < -0.3 is 10.1 Å². The third-order valence-electron chi connectivity index (χ3n) is 5.18. The number of aryl methyl sites for hydroxylation is 2. The van der Waals surface area contributed by atoms with Gasteiger partial charge in [0.1, 0.15) is 16.4 Å². The molecule has 0 saturated heterocycles. The molecule has 0 atom stereocenters. The minimum atomic E-state index is -0.360. The van der Waals surface area contributed by atoms with Gasteiger partial charge in [-0.15, -0.1) is 0 Å². The van der Waals surface area contributed by atoms with E-state index < -0.39 is 0 Å². The van der Waals surface area contributed by atoms with Crippen LogP contribution in [-0.2, 0) is 16.0 Å². The number of aromatic nitrogens is 2. The third kappa shape index (κ3) is 5.46. The molecule has 34 heavy (non-hydrogen) atoms. The van der Waals surface area contributed by atoms with E-state index in [0.717, 1.165) is 34.5 Å². The molecule has 1 aliphatic heterocycles. The maximum absolute atomic E-state index is 13.4. The SMILES string of the molecule is CCOc1ccc(NC2=C(Sc3nc(C)cc(C)n3)C(=O)N(CCc3ccccc3)C2=O)cc1. The summed E-state index contributed by atoms with van der Waals surface area (Å²) in [4.78, 5) is 37.2. The summed E-state index contributed by atoms with van der Waals surface area (Å²) in [5.41, 5.74) is 3.57. The number of carbonyl (C=O) groups excluding carboxylic acids is 2. The van der Waals surface area contributed by atoms with Gasteiger partial charge in [-0.05, 0) is 74.8 Å². The van der Waals surface area contributed by atoms with E-state index in [4.69, 9.17) is 4.74 Å². The van der Waals surface area contributed by atoms with Gasteiger partial charge in [0, 0.05) is 23.6 Å². The highest BCUT2D eigenvalue weighted by Crippen LogP contribution is 2.35. The van der Waals surface area contributed by atoms with Crippen LogP contribution in [0.1, 0.15) is 23.9 Å². The predicted octanol–water partition coefficient (Wildman–Crippen LogP) is 4.52. The summed E-state index contributed by atoms with van der Waals surface area (Å²) in [5, 5.41) is 3.59. The van der Waals surface area contributed by atoms with Crippen molar-refractivity contribution in [2.45, 2.75) is 32.3 Å². The number of thioether (sulfide) groups is 1. The zero-order chi connectivity index (χ0) is 24.1. The average molecular weight is 475 g/mol. The van der Waals surface area contributed by atoms with Gasteiger partial charge in [0.25, 0.3) is 11.8 Å². The number of ether oxygens (including phenoxy) is 1. The third-order valence-corrected chi connectivity index (χ3v) is 6.13. The molecule has 1 aromatic heterocycles. The minimum Gasteiger partial charge on any atom is -0.494 e. The van der Waals surface area contributed by atoms with Crippen LogP contribution in [0, 0.1) is 13.8 Å². The molecule has 174 valence electrons. The lowest BCUT2D eigenvalue weighted by Gasteiger charge is -2.15. The number of amides is 2. The second-order valence-electron chi connectivity index (χ2n) is 7.82. The van der Waals surface area contributed by atoms with Crippen molar-refractivity contribution in [1.29, 1.82) is 0 Å². The summed E-state index contributed by atoms with van der Waals surface area (Å²) in [5.74, 6) is 0.0300. The van der Waals surface area contributed by atoms with E-state index in [0.29, 0.717) is 23.9 Å². The molecule has 0 unspecified atom stereocenters. The highest BCUT2D eigenvalue weighted by molar-refractivity contribution is 8.04. The molecule has 4 rings (SSSR count). The van der Waals surface area contributed by atoms with E-state index in [9.17, 15) is 9.59 Å². The fraction of sp³-hybridized carbons (Fsp3) is 0.231. The van der Waals surface area contributed by atoms with Crippen LogP contribution in [-0.4, -0.2) is 39.8 Å². The molecule has 2 aromatic carbocycles. The van der Waals surface area contributed by atoms with Crippen molar-refractivity contribution in [3.05, 3.63) is 88.2 Å². The molecule has 0 spiro atoms. The van der Waals surface area contributed by atoms with Crippen molar-refractivity contribution in [1.82, 2.24) is 14.9 Å². The molecule has 1 aliphatic rings. The highest BCUT2D eigenvalue weighted by Gasteiger charge is 2.39. The molecule has 0 saturated carbocycles. The molecule has 3 aromatic rings. The smallest absolute Gasteiger partial charge is 0.278 e. The van der Waals surface area contributed by atoms with Crippen LogP contribution in [0.25, 0.3) is 0 Å². The molecular weight excluding hydrogens is 448 g/mol. The Morgan fingerprint density at radius 3 is 2.26 bits per heavy atom. The van der Waals surface area contributed by atoms with Crippen LogP contribution in [0.15, 0.2) is 76.4 Å². The molecule has 8 heteroatoms. The topological polar surface area (TPSA) is 84.4 Å². The molecule has 2 amide bonds. The van der Waals surface area contributed by atoms with E-state index in [1.165, 1.54) is 4.90 Å². The summed E-state index contributed by atoms with van der Waals surface area (Å²) >= 11 is 1.11. The maximum Gasteiger partial charge on any atom is 0.278 e. The lowest BCUT2D eigenvalue weighted by molar-refractivity contribution is -0.137. The van der Waals surface area contributed by atoms with Gasteiger partial charge in [0.15, 0.2) is 5.16 Å². The first-order valence-corrected chi connectivity index (χ1v) is 11.9. The average Bonchev–Trinajstić information content (AvgIpc) is 3.03. The second kappa shape index (κ2) is 10.5. The van der Waals surface area contributed by atoms with Crippen molar-refractivity contribution >= 4 is 29.3 Å². The molecule has 1 N–H and O–H groups in total. The first kappa shape index (κ1) is 23.5. The van der Waals surface area contributed by atoms with Gasteiger partial charge in [-0.2, -0.15) is 0 Å². The summed E-state index contributed by atoms with van der Waals surface area (Å²) in [6.45, 7) is 6.52. The fourth-order valence-electron chi connectivity index (χ4n) is 3.62. The standard InChI is InChI=1S/C26H26N4O3S/c1-4-33-21-12-10-20(11-13-21)29-22-23(34-26-27-17(2)16-18(3)28-26)25(32)30(24(22)31)15-14-19-8-6-5-7-9-19/h5-13,16,29H,4,14-15H2,1-3H3. The number of benzene rings is 2. The first-order valence-electron chi connectivity index (χ1n) is 11.1. The minimum absolute atomic E-state index is 0.231. The van der Waals surface area contributed by atoms with Crippen LogP contribution >= 0.6 is 11.8 Å². The van der Waals surface area contributed by atoms with E-state index in [2.05, 4.69) is 15.3 Å². The Labute approximate surface area is 203 Å². The number of hydrogen-bond acceptors (Lipinski definition) is 7. The Hall–Kier alpha value is -3.65. The number of imide groups is 1. The molecule has 0 fully saturated rings. The molecule has 2 heterocycles. The molecule has 0 aliphatic carbocycles. The lowest BCUT2D eigenvalue weighted by Crippen LogP contribution is -2.34. The fourth-order valence-corrected chi connectivity index (χ4v) is 4.62. The van der Waals surface area contributed by atoms with E-state index in [1.807, 2.05) is 81.4 Å². The summed E-state index contributed by atoms with van der Waals surface area (Å²) in [7, 11) is 0. The van der Waals surface area contributed by atoms with Gasteiger partial charge in [-0.1, -0.05) is 30.3 Å². The Morgan fingerprint density at radius 2 is 1.62 bits per heavy atom. The van der Waals surface area contributed by atoms with Crippen molar-refractivity contribution in [2.75, 3.05) is 18.5 Å². The van der Waals surface area contributed by atoms with Crippen LogP contribution in [0.4, 0.5) is 5.69 Å². The number of nitrogens with zero attached hydrogens (tertiary/aromatic N) is 3. The first-order chi connectivity index (χ1) is 16.4. The van der Waals surface area contributed by atoms with Crippen LogP contribution in [0.3, 0.4) is 0 Å². The lowest BCUT2D eigenvalue weighted by atomic mass is 10.1. The van der Waals surface area contributed by atoms with E-state index in [1.54, 1.807) is 0 Å². The molecule has 0 bridgehead atoms.